The molecule has 1 saturated heterocycles. The van der Waals surface area contributed by atoms with E-state index in [4.69, 9.17) is 10.8 Å². The summed E-state index contributed by atoms with van der Waals surface area (Å²) < 4.78 is 1.88. The molecule has 1 fully saturated rings. The maximum absolute atomic E-state index is 5.91. The van der Waals surface area contributed by atoms with E-state index in [0.29, 0.717) is 6.04 Å². The normalized spacial score (nSPS) is 16.5. The van der Waals surface area contributed by atoms with Crippen molar-refractivity contribution < 1.29 is 0 Å². The van der Waals surface area contributed by atoms with Crippen LogP contribution in [-0.2, 0) is 0 Å². The number of likely N-dealkylation sites (tertiary alicyclic amines) is 1. The smallest absolute Gasteiger partial charge is 0.154 e. The van der Waals surface area contributed by atoms with Gasteiger partial charge < -0.3 is 16.0 Å². The second kappa shape index (κ2) is 6.13. The highest BCUT2D eigenvalue weighted by atomic mass is 15.3. The first kappa shape index (κ1) is 15.0. The first-order valence-corrected chi connectivity index (χ1v) is 8.35. The van der Waals surface area contributed by atoms with Crippen LogP contribution in [0.2, 0.25) is 0 Å². The van der Waals surface area contributed by atoms with E-state index in [1.807, 2.05) is 47.1 Å². The van der Waals surface area contributed by atoms with Gasteiger partial charge in [-0.2, -0.15) is 0 Å². The van der Waals surface area contributed by atoms with Crippen LogP contribution in [0.5, 0.6) is 0 Å². The van der Waals surface area contributed by atoms with Crippen LogP contribution in [0, 0.1) is 0 Å². The Morgan fingerprint density at radius 2 is 2.00 bits per heavy atom. The summed E-state index contributed by atoms with van der Waals surface area (Å²) in [6.07, 6.45) is 4.13. The Balaban J connectivity index is 1.63. The number of fused-ring (bicyclic) bond motifs is 1. The van der Waals surface area contributed by atoms with E-state index in [9.17, 15) is 0 Å². The van der Waals surface area contributed by atoms with Gasteiger partial charge in [0, 0.05) is 17.3 Å². The number of benzene rings is 1. The van der Waals surface area contributed by atoms with Crippen molar-refractivity contribution in [3.8, 4) is 11.3 Å². The number of nitrogens with one attached hydrogen (secondary N) is 1. The molecule has 1 aromatic carbocycles. The van der Waals surface area contributed by atoms with Crippen molar-refractivity contribution in [1.82, 2.24) is 19.5 Å². The number of hydrogen-bond donors (Lipinski definition) is 2. The number of nitrogens with zero attached hydrogens (tertiary/aromatic N) is 4. The molecule has 0 unspecified atom stereocenters. The third-order valence-corrected chi connectivity index (χ3v) is 4.62. The monoisotopic (exact) mass is 322 g/mol. The van der Waals surface area contributed by atoms with Crippen LogP contribution in [-0.4, -0.2) is 45.7 Å². The molecule has 124 valence electrons. The quantitative estimate of drug-likeness (QED) is 0.725. The fourth-order valence-electron chi connectivity index (χ4n) is 3.21. The summed E-state index contributed by atoms with van der Waals surface area (Å²) in [5.41, 5.74) is 9.45. The lowest BCUT2D eigenvalue weighted by molar-refractivity contribution is 0.263. The fraction of sp³-hybridized carbons (Fsp3) is 0.333. The SMILES string of the molecule is CN1CCC(Nc2ccc3ncc(-c4cccc(N)c4)n3n2)CC1. The second-order valence-electron chi connectivity index (χ2n) is 6.48. The Bertz CT molecular complexity index is 848. The van der Waals surface area contributed by atoms with Crippen molar-refractivity contribution in [3.63, 3.8) is 0 Å². The number of nitrogens with two attached hydrogens (primary N) is 1. The summed E-state index contributed by atoms with van der Waals surface area (Å²) in [6, 6.07) is 12.3. The number of anilines is 2. The summed E-state index contributed by atoms with van der Waals surface area (Å²) in [6.45, 7) is 2.25. The van der Waals surface area contributed by atoms with Crippen LogP contribution in [0.4, 0.5) is 11.5 Å². The van der Waals surface area contributed by atoms with E-state index in [1.54, 1.807) is 0 Å². The zero-order valence-corrected chi connectivity index (χ0v) is 13.8. The van der Waals surface area contributed by atoms with E-state index < -0.39 is 0 Å². The third-order valence-electron chi connectivity index (χ3n) is 4.62. The number of aromatic nitrogens is 3. The van der Waals surface area contributed by atoms with Gasteiger partial charge in [0.1, 0.15) is 5.82 Å². The molecule has 1 aliphatic rings. The Hall–Kier alpha value is -2.60. The topological polar surface area (TPSA) is 71.5 Å². The van der Waals surface area contributed by atoms with Gasteiger partial charge in [0.15, 0.2) is 5.65 Å². The molecule has 0 saturated carbocycles. The van der Waals surface area contributed by atoms with Crippen molar-refractivity contribution in [2.75, 3.05) is 31.2 Å². The minimum absolute atomic E-state index is 0.477. The Kier molecular flexibility index (Phi) is 3.82. The van der Waals surface area contributed by atoms with Gasteiger partial charge in [-0.25, -0.2) is 9.50 Å². The van der Waals surface area contributed by atoms with Crippen molar-refractivity contribution in [2.24, 2.45) is 0 Å². The molecule has 3 heterocycles. The molecule has 3 aromatic rings. The van der Waals surface area contributed by atoms with Crippen LogP contribution in [0.25, 0.3) is 16.9 Å². The van der Waals surface area contributed by atoms with Crippen LogP contribution in [0.15, 0.2) is 42.6 Å². The summed E-state index contributed by atoms with van der Waals surface area (Å²) in [5, 5.41) is 8.31. The molecule has 0 bridgehead atoms. The maximum atomic E-state index is 5.91. The molecule has 0 atom stereocenters. The average molecular weight is 322 g/mol. The van der Waals surface area contributed by atoms with E-state index >= 15 is 0 Å². The predicted molar refractivity (Wildman–Crippen MR) is 97.0 cm³/mol. The van der Waals surface area contributed by atoms with Crippen LogP contribution >= 0.6 is 0 Å². The lowest BCUT2D eigenvalue weighted by Crippen LogP contribution is -2.36. The zero-order valence-electron chi connectivity index (χ0n) is 13.8. The zero-order chi connectivity index (χ0) is 16.5. The molecule has 2 aromatic heterocycles. The standard InChI is InChI=1S/C18H22N6/c1-23-9-7-15(8-10-23)21-17-5-6-18-20-12-16(24(18)22-17)13-3-2-4-14(19)11-13/h2-6,11-12,15H,7-10,19H2,1H3,(H,21,22). The first-order chi connectivity index (χ1) is 11.7. The third kappa shape index (κ3) is 2.92. The second-order valence-corrected chi connectivity index (χ2v) is 6.48. The maximum Gasteiger partial charge on any atom is 0.154 e. The Labute approximate surface area is 141 Å². The molecule has 3 N–H and O–H groups in total. The van der Waals surface area contributed by atoms with Crippen LogP contribution < -0.4 is 11.1 Å². The molecule has 4 rings (SSSR count). The number of rotatable bonds is 3. The summed E-state index contributed by atoms with van der Waals surface area (Å²) in [5.74, 6) is 0.889. The Morgan fingerprint density at radius 1 is 1.17 bits per heavy atom. The van der Waals surface area contributed by atoms with Gasteiger partial charge in [0.25, 0.3) is 0 Å². The van der Waals surface area contributed by atoms with Crippen molar-refractivity contribution >= 4 is 17.2 Å². The highest BCUT2D eigenvalue weighted by Crippen LogP contribution is 2.23. The largest absolute Gasteiger partial charge is 0.399 e. The molecule has 0 aliphatic carbocycles. The number of hydrogen-bond acceptors (Lipinski definition) is 5. The van der Waals surface area contributed by atoms with Gasteiger partial charge in [-0.15, -0.1) is 5.10 Å². The predicted octanol–water partition coefficient (Wildman–Crippen LogP) is 2.48. The fourth-order valence-corrected chi connectivity index (χ4v) is 3.21. The lowest BCUT2D eigenvalue weighted by atomic mass is 10.1. The minimum atomic E-state index is 0.477. The van der Waals surface area contributed by atoms with E-state index in [0.717, 1.165) is 54.3 Å². The van der Waals surface area contributed by atoms with Crippen molar-refractivity contribution in [3.05, 3.63) is 42.6 Å². The molecule has 0 amide bonds. The highest BCUT2D eigenvalue weighted by molar-refractivity contribution is 5.67. The molecule has 1 aliphatic heterocycles. The van der Waals surface area contributed by atoms with Crippen molar-refractivity contribution in [2.45, 2.75) is 18.9 Å². The lowest BCUT2D eigenvalue weighted by Gasteiger charge is -2.29. The summed E-state index contributed by atoms with van der Waals surface area (Å²) in [7, 11) is 2.17. The summed E-state index contributed by atoms with van der Waals surface area (Å²) >= 11 is 0. The first-order valence-electron chi connectivity index (χ1n) is 8.35. The van der Waals surface area contributed by atoms with Gasteiger partial charge in [-0.05, 0) is 57.2 Å². The highest BCUT2D eigenvalue weighted by Gasteiger charge is 2.17. The molecule has 0 spiro atoms. The van der Waals surface area contributed by atoms with Gasteiger partial charge in [0.05, 0.1) is 11.9 Å². The van der Waals surface area contributed by atoms with Gasteiger partial charge >= 0.3 is 0 Å². The molecule has 24 heavy (non-hydrogen) atoms. The van der Waals surface area contributed by atoms with Gasteiger partial charge in [-0.1, -0.05) is 12.1 Å². The van der Waals surface area contributed by atoms with E-state index in [-0.39, 0.29) is 0 Å². The van der Waals surface area contributed by atoms with Gasteiger partial charge in [0.2, 0.25) is 0 Å². The van der Waals surface area contributed by atoms with E-state index in [2.05, 4.69) is 22.2 Å². The molecule has 0 radical (unpaired) electrons. The molecule has 6 heteroatoms. The number of piperidine rings is 1. The minimum Gasteiger partial charge on any atom is -0.399 e. The number of imidazole rings is 1. The summed E-state index contributed by atoms with van der Waals surface area (Å²) in [4.78, 5) is 6.81. The van der Waals surface area contributed by atoms with Crippen LogP contribution in [0.3, 0.4) is 0 Å². The molecular formula is C18H22N6. The van der Waals surface area contributed by atoms with Crippen molar-refractivity contribution in [1.29, 1.82) is 0 Å². The van der Waals surface area contributed by atoms with Gasteiger partial charge in [-0.3, -0.25) is 0 Å². The van der Waals surface area contributed by atoms with E-state index in [1.165, 1.54) is 0 Å². The average Bonchev–Trinajstić information content (AvgIpc) is 3.00. The van der Waals surface area contributed by atoms with Crippen LogP contribution in [0.1, 0.15) is 12.8 Å². The molecular weight excluding hydrogens is 300 g/mol. The number of nitrogen functional groups attached to an aromatic ring is 1. The molecule has 6 nitrogen and oxygen atoms in total. The Morgan fingerprint density at radius 3 is 2.79 bits per heavy atom.